The molecule has 70 valence electrons. The number of hydrogen-bond acceptors (Lipinski definition) is 2. The van der Waals surface area contributed by atoms with Gasteiger partial charge in [0.15, 0.2) is 0 Å². The number of carbonyl (C=O) groups is 1. The highest BCUT2D eigenvalue weighted by molar-refractivity contribution is 6.30. The van der Waals surface area contributed by atoms with Crippen molar-refractivity contribution in [2.45, 2.75) is 12.5 Å². The topological polar surface area (TPSA) is 69.1 Å². The molecule has 1 aromatic carbocycles. The zero-order valence-electron chi connectivity index (χ0n) is 7.25. The van der Waals surface area contributed by atoms with E-state index in [9.17, 15) is 4.79 Å². The molecule has 0 aliphatic heterocycles. The SMILES string of the molecule is C[C@](N)(C(N)=O)c1ccc(Cl)cc1. The molecule has 1 rings (SSSR count). The quantitative estimate of drug-likeness (QED) is 0.745. The van der Waals surface area contributed by atoms with Gasteiger partial charge in [0.25, 0.3) is 0 Å². The van der Waals surface area contributed by atoms with Crippen molar-refractivity contribution in [2.24, 2.45) is 11.5 Å². The van der Waals surface area contributed by atoms with E-state index in [1.54, 1.807) is 31.2 Å². The van der Waals surface area contributed by atoms with Crippen molar-refractivity contribution in [3.05, 3.63) is 34.9 Å². The van der Waals surface area contributed by atoms with Crippen LogP contribution in [0.15, 0.2) is 24.3 Å². The summed E-state index contributed by atoms with van der Waals surface area (Å²) in [4.78, 5) is 11.0. The molecule has 0 unspecified atom stereocenters. The van der Waals surface area contributed by atoms with E-state index in [-0.39, 0.29) is 0 Å². The fourth-order valence-electron chi connectivity index (χ4n) is 0.938. The van der Waals surface area contributed by atoms with Crippen molar-refractivity contribution < 1.29 is 4.79 Å². The van der Waals surface area contributed by atoms with E-state index in [0.717, 1.165) is 0 Å². The largest absolute Gasteiger partial charge is 0.368 e. The molecule has 0 heterocycles. The van der Waals surface area contributed by atoms with E-state index < -0.39 is 11.4 Å². The summed E-state index contributed by atoms with van der Waals surface area (Å²) < 4.78 is 0. The fraction of sp³-hybridized carbons (Fsp3) is 0.222. The number of amides is 1. The third-order valence-electron chi connectivity index (χ3n) is 1.96. The van der Waals surface area contributed by atoms with Crippen molar-refractivity contribution in [1.29, 1.82) is 0 Å². The van der Waals surface area contributed by atoms with E-state index in [1.165, 1.54) is 0 Å². The number of benzene rings is 1. The van der Waals surface area contributed by atoms with E-state index in [0.29, 0.717) is 10.6 Å². The Labute approximate surface area is 81.7 Å². The molecule has 0 aliphatic rings. The van der Waals surface area contributed by atoms with E-state index in [1.807, 2.05) is 0 Å². The molecule has 0 bridgehead atoms. The molecule has 0 aliphatic carbocycles. The van der Waals surface area contributed by atoms with Gasteiger partial charge in [0.05, 0.1) is 0 Å². The van der Waals surface area contributed by atoms with Gasteiger partial charge in [-0.1, -0.05) is 23.7 Å². The summed E-state index contributed by atoms with van der Waals surface area (Å²) in [6.45, 7) is 1.57. The maximum atomic E-state index is 11.0. The van der Waals surface area contributed by atoms with E-state index in [2.05, 4.69) is 0 Å². The lowest BCUT2D eigenvalue weighted by molar-refractivity contribution is -0.122. The van der Waals surface area contributed by atoms with Crippen molar-refractivity contribution in [3.63, 3.8) is 0 Å². The Hall–Kier alpha value is -1.06. The maximum absolute atomic E-state index is 11.0. The Morgan fingerprint density at radius 2 is 1.85 bits per heavy atom. The smallest absolute Gasteiger partial charge is 0.241 e. The Morgan fingerprint density at radius 1 is 1.38 bits per heavy atom. The summed E-state index contributed by atoms with van der Waals surface area (Å²) in [5.41, 5.74) is 10.4. The second-order valence-electron chi connectivity index (χ2n) is 3.07. The average Bonchev–Trinajstić information content (AvgIpc) is 2.04. The van der Waals surface area contributed by atoms with Crippen LogP contribution in [0.25, 0.3) is 0 Å². The predicted octanol–water partition coefficient (Wildman–Crippen LogP) is 0.999. The first kappa shape index (κ1) is 10.0. The molecule has 0 spiro atoms. The second-order valence-corrected chi connectivity index (χ2v) is 3.51. The first-order valence-corrected chi connectivity index (χ1v) is 4.17. The van der Waals surface area contributed by atoms with Crippen LogP contribution in [-0.2, 0) is 10.3 Å². The molecule has 0 fully saturated rings. The number of halogens is 1. The van der Waals surface area contributed by atoms with Crippen LogP contribution in [0.5, 0.6) is 0 Å². The van der Waals surface area contributed by atoms with Crippen LogP contribution in [0.2, 0.25) is 5.02 Å². The number of rotatable bonds is 2. The molecule has 1 amide bonds. The molecule has 4 N–H and O–H groups in total. The predicted molar refractivity (Wildman–Crippen MR) is 52.2 cm³/mol. The summed E-state index contributed by atoms with van der Waals surface area (Å²) in [6.07, 6.45) is 0. The van der Waals surface area contributed by atoms with Crippen molar-refractivity contribution in [1.82, 2.24) is 0 Å². The molecule has 1 atom stereocenters. The molecule has 3 nitrogen and oxygen atoms in total. The zero-order valence-corrected chi connectivity index (χ0v) is 8.01. The van der Waals surface area contributed by atoms with Gasteiger partial charge in [0.1, 0.15) is 5.54 Å². The lowest BCUT2D eigenvalue weighted by atomic mass is 9.93. The molecular formula is C9H11ClN2O. The van der Waals surface area contributed by atoms with Gasteiger partial charge in [-0.2, -0.15) is 0 Å². The van der Waals surface area contributed by atoms with Crippen LogP contribution >= 0.6 is 11.6 Å². The zero-order chi connectivity index (χ0) is 10.1. The van der Waals surface area contributed by atoms with Gasteiger partial charge in [0.2, 0.25) is 5.91 Å². The first-order valence-electron chi connectivity index (χ1n) is 3.79. The minimum Gasteiger partial charge on any atom is -0.368 e. The number of hydrogen-bond donors (Lipinski definition) is 2. The highest BCUT2D eigenvalue weighted by Crippen LogP contribution is 2.19. The maximum Gasteiger partial charge on any atom is 0.241 e. The number of carbonyl (C=O) groups excluding carboxylic acids is 1. The minimum absolute atomic E-state index is 0.560. The molecule has 0 saturated carbocycles. The summed E-state index contributed by atoms with van der Waals surface area (Å²) in [6, 6.07) is 6.72. The average molecular weight is 199 g/mol. The standard InChI is InChI=1S/C9H11ClN2O/c1-9(12,8(11)13)6-2-4-7(10)5-3-6/h2-5H,12H2,1H3,(H2,11,13)/t9-/m1/s1. The summed E-state index contributed by atoms with van der Waals surface area (Å²) in [7, 11) is 0. The van der Waals surface area contributed by atoms with Crippen molar-refractivity contribution in [2.75, 3.05) is 0 Å². The monoisotopic (exact) mass is 198 g/mol. The third-order valence-corrected chi connectivity index (χ3v) is 2.21. The van der Waals surface area contributed by atoms with E-state index >= 15 is 0 Å². The van der Waals surface area contributed by atoms with Gasteiger partial charge in [-0.15, -0.1) is 0 Å². The van der Waals surface area contributed by atoms with Gasteiger partial charge in [-0.25, -0.2) is 0 Å². The minimum atomic E-state index is -1.13. The Morgan fingerprint density at radius 3 is 2.23 bits per heavy atom. The van der Waals surface area contributed by atoms with Crippen LogP contribution in [-0.4, -0.2) is 5.91 Å². The van der Waals surface area contributed by atoms with E-state index in [4.69, 9.17) is 23.1 Å². The van der Waals surface area contributed by atoms with Gasteiger partial charge >= 0.3 is 0 Å². The van der Waals surface area contributed by atoms with Crippen molar-refractivity contribution in [3.8, 4) is 0 Å². The molecule has 0 aromatic heterocycles. The second kappa shape index (κ2) is 3.36. The number of primary amides is 1. The van der Waals surface area contributed by atoms with Crippen LogP contribution in [0.4, 0.5) is 0 Å². The highest BCUT2D eigenvalue weighted by atomic mass is 35.5. The Balaban J connectivity index is 3.08. The van der Waals surface area contributed by atoms with Crippen LogP contribution < -0.4 is 11.5 Å². The molecule has 1 aromatic rings. The molecule has 0 saturated heterocycles. The van der Waals surface area contributed by atoms with Gasteiger partial charge in [-0.3, -0.25) is 4.79 Å². The summed E-state index contributed by atoms with van der Waals surface area (Å²) in [5, 5.41) is 0.601. The Bertz CT molecular complexity index is 319. The normalized spacial score (nSPS) is 15.0. The van der Waals surface area contributed by atoms with Crippen LogP contribution in [0, 0.1) is 0 Å². The lowest BCUT2D eigenvalue weighted by Crippen LogP contribution is -2.46. The van der Waals surface area contributed by atoms with Gasteiger partial charge in [-0.05, 0) is 24.6 Å². The highest BCUT2D eigenvalue weighted by Gasteiger charge is 2.27. The van der Waals surface area contributed by atoms with Gasteiger partial charge in [0, 0.05) is 5.02 Å². The summed E-state index contributed by atoms with van der Waals surface area (Å²) in [5.74, 6) is -0.560. The summed E-state index contributed by atoms with van der Waals surface area (Å²) >= 11 is 5.68. The first-order chi connectivity index (χ1) is 5.94. The fourth-order valence-corrected chi connectivity index (χ4v) is 1.06. The number of nitrogens with two attached hydrogens (primary N) is 2. The van der Waals surface area contributed by atoms with Crippen LogP contribution in [0.1, 0.15) is 12.5 Å². The van der Waals surface area contributed by atoms with Gasteiger partial charge < -0.3 is 11.5 Å². The molecule has 4 heteroatoms. The molecule has 0 radical (unpaired) electrons. The third kappa shape index (κ3) is 1.99. The lowest BCUT2D eigenvalue weighted by Gasteiger charge is -2.20. The van der Waals surface area contributed by atoms with Crippen LogP contribution in [0.3, 0.4) is 0 Å². The van der Waals surface area contributed by atoms with Crippen molar-refractivity contribution >= 4 is 17.5 Å². The molecular weight excluding hydrogens is 188 g/mol. The molecule has 13 heavy (non-hydrogen) atoms. The Kier molecular flexibility index (Phi) is 2.59.